The first-order valence-corrected chi connectivity index (χ1v) is 8.42. The van der Waals surface area contributed by atoms with Gasteiger partial charge in [0.2, 0.25) is 5.91 Å². The number of benzene rings is 1. The molecule has 1 amide bonds. The lowest BCUT2D eigenvalue weighted by Crippen LogP contribution is -2.33. The van der Waals surface area contributed by atoms with Gasteiger partial charge >= 0.3 is 0 Å². The molecule has 1 saturated heterocycles. The Hall–Kier alpha value is -1.83. The van der Waals surface area contributed by atoms with Crippen LogP contribution in [0.1, 0.15) is 12.8 Å². The summed E-state index contributed by atoms with van der Waals surface area (Å²) in [6, 6.07) is 6.11. The van der Waals surface area contributed by atoms with Gasteiger partial charge in [0.25, 0.3) is 0 Å². The van der Waals surface area contributed by atoms with Gasteiger partial charge in [-0.15, -0.1) is 11.3 Å². The predicted octanol–water partition coefficient (Wildman–Crippen LogP) is 2.66. The fourth-order valence-electron chi connectivity index (χ4n) is 2.40. The number of nitrogens with one attached hydrogen (secondary N) is 2. The van der Waals surface area contributed by atoms with Gasteiger partial charge in [0.1, 0.15) is 5.82 Å². The zero-order valence-electron chi connectivity index (χ0n) is 12.5. The number of carbonyl (C=O) groups is 1. The Labute approximate surface area is 137 Å². The molecular formula is C16H18FN3O2S. The maximum atomic E-state index is 12.9. The van der Waals surface area contributed by atoms with E-state index in [0.717, 1.165) is 30.7 Å². The minimum atomic E-state index is -0.283. The molecule has 1 unspecified atom stereocenters. The zero-order chi connectivity index (χ0) is 16.1. The Balaban J connectivity index is 1.48. The van der Waals surface area contributed by atoms with Crippen molar-refractivity contribution in [2.24, 2.45) is 0 Å². The van der Waals surface area contributed by atoms with Crippen LogP contribution in [0.25, 0.3) is 11.3 Å². The quantitative estimate of drug-likeness (QED) is 0.852. The summed E-state index contributed by atoms with van der Waals surface area (Å²) in [6.45, 7) is 1.72. The highest BCUT2D eigenvalue weighted by Crippen LogP contribution is 2.24. The standard InChI is InChI=1S/C16H18FN3O2S/c17-12-5-3-11(4-6-12)14-10-23-16(19-14)20-15(21)9-18-8-13-2-1-7-22-13/h3-6,10,13,18H,1-2,7-9H2,(H,19,20,21). The van der Waals surface area contributed by atoms with E-state index in [4.69, 9.17) is 4.74 Å². The molecule has 0 spiro atoms. The van der Waals surface area contributed by atoms with Crippen molar-refractivity contribution in [1.29, 1.82) is 0 Å². The number of anilines is 1. The molecule has 23 heavy (non-hydrogen) atoms. The smallest absolute Gasteiger partial charge is 0.240 e. The summed E-state index contributed by atoms with van der Waals surface area (Å²) in [4.78, 5) is 16.2. The van der Waals surface area contributed by atoms with E-state index in [1.807, 2.05) is 5.38 Å². The van der Waals surface area contributed by atoms with E-state index in [1.165, 1.54) is 23.5 Å². The van der Waals surface area contributed by atoms with E-state index in [2.05, 4.69) is 15.6 Å². The summed E-state index contributed by atoms with van der Waals surface area (Å²) in [6.07, 6.45) is 2.35. The Morgan fingerprint density at radius 1 is 1.39 bits per heavy atom. The van der Waals surface area contributed by atoms with E-state index in [9.17, 15) is 9.18 Å². The molecule has 5 nitrogen and oxygen atoms in total. The van der Waals surface area contributed by atoms with Crippen molar-refractivity contribution in [3.8, 4) is 11.3 Å². The summed E-state index contributed by atoms with van der Waals surface area (Å²) in [5, 5.41) is 8.22. The molecule has 2 aromatic rings. The number of aromatic nitrogens is 1. The topological polar surface area (TPSA) is 63.2 Å². The van der Waals surface area contributed by atoms with Crippen molar-refractivity contribution in [2.75, 3.05) is 25.0 Å². The molecule has 7 heteroatoms. The van der Waals surface area contributed by atoms with Crippen LogP contribution in [-0.4, -0.2) is 36.7 Å². The van der Waals surface area contributed by atoms with E-state index in [0.29, 0.717) is 11.7 Å². The molecule has 122 valence electrons. The Morgan fingerprint density at radius 3 is 2.96 bits per heavy atom. The van der Waals surface area contributed by atoms with E-state index >= 15 is 0 Å². The largest absolute Gasteiger partial charge is 0.377 e. The number of halogens is 1. The molecule has 1 aliphatic heterocycles. The fourth-order valence-corrected chi connectivity index (χ4v) is 3.14. The van der Waals surface area contributed by atoms with Gasteiger partial charge < -0.3 is 15.4 Å². The first-order chi connectivity index (χ1) is 11.2. The second-order valence-electron chi connectivity index (χ2n) is 5.36. The van der Waals surface area contributed by atoms with Gasteiger partial charge in [-0.1, -0.05) is 0 Å². The van der Waals surface area contributed by atoms with Crippen molar-refractivity contribution >= 4 is 22.4 Å². The zero-order valence-corrected chi connectivity index (χ0v) is 13.4. The van der Waals surface area contributed by atoms with Crippen molar-refractivity contribution < 1.29 is 13.9 Å². The van der Waals surface area contributed by atoms with Gasteiger partial charge in [-0.05, 0) is 37.1 Å². The highest BCUT2D eigenvalue weighted by molar-refractivity contribution is 7.14. The highest BCUT2D eigenvalue weighted by Gasteiger charge is 2.15. The number of hydrogen-bond donors (Lipinski definition) is 2. The van der Waals surface area contributed by atoms with Crippen LogP contribution in [0.4, 0.5) is 9.52 Å². The predicted molar refractivity (Wildman–Crippen MR) is 88.0 cm³/mol. The summed E-state index contributed by atoms with van der Waals surface area (Å²) in [5.41, 5.74) is 1.54. The number of amides is 1. The lowest BCUT2D eigenvalue weighted by molar-refractivity contribution is -0.115. The number of hydrogen-bond acceptors (Lipinski definition) is 5. The van der Waals surface area contributed by atoms with Gasteiger partial charge in [0.05, 0.1) is 18.3 Å². The molecule has 0 radical (unpaired) electrons. The Bertz CT molecular complexity index is 654. The molecule has 0 aliphatic carbocycles. The lowest BCUT2D eigenvalue weighted by atomic mass is 10.2. The van der Waals surface area contributed by atoms with Crippen LogP contribution in [0.15, 0.2) is 29.6 Å². The monoisotopic (exact) mass is 335 g/mol. The van der Waals surface area contributed by atoms with Crippen LogP contribution in [0.2, 0.25) is 0 Å². The summed E-state index contributed by atoms with van der Waals surface area (Å²) < 4.78 is 18.4. The summed E-state index contributed by atoms with van der Waals surface area (Å²) in [5.74, 6) is -0.419. The third kappa shape index (κ3) is 4.57. The van der Waals surface area contributed by atoms with E-state index in [-0.39, 0.29) is 24.4 Å². The third-order valence-electron chi connectivity index (χ3n) is 3.57. The van der Waals surface area contributed by atoms with Crippen molar-refractivity contribution in [2.45, 2.75) is 18.9 Å². The third-order valence-corrected chi connectivity index (χ3v) is 4.33. The average Bonchev–Trinajstić information content (AvgIpc) is 3.20. The Kier molecular flexibility index (Phi) is 5.32. The second-order valence-corrected chi connectivity index (χ2v) is 6.22. The lowest BCUT2D eigenvalue weighted by Gasteiger charge is -2.10. The first kappa shape index (κ1) is 16.0. The van der Waals surface area contributed by atoms with Crippen LogP contribution in [-0.2, 0) is 9.53 Å². The Morgan fingerprint density at radius 2 is 2.22 bits per heavy atom. The van der Waals surface area contributed by atoms with E-state index < -0.39 is 0 Å². The number of carbonyl (C=O) groups excluding carboxylic acids is 1. The number of thiazole rings is 1. The van der Waals surface area contributed by atoms with Crippen LogP contribution >= 0.6 is 11.3 Å². The number of rotatable bonds is 6. The molecule has 0 bridgehead atoms. The van der Waals surface area contributed by atoms with Gasteiger partial charge in [0.15, 0.2) is 5.13 Å². The SMILES string of the molecule is O=C(CNCC1CCCO1)Nc1nc(-c2ccc(F)cc2)cs1. The molecule has 2 heterocycles. The maximum Gasteiger partial charge on any atom is 0.240 e. The van der Waals surface area contributed by atoms with Crippen LogP contribution in [0.5, 0.6) is 0 Å². The molecular weight excluding hydrogens is 317 g/mol. The van der Waals surface area contributed by atoms with Gasteiger partial charge in [-0.25, -0.2) is 9.37 Å². The molecule has 1 atom stereocenters. The highest BCUT2D eigenvalue weighted by atomic mass is 32.1. The molecule has 1 fully saturated rings. The molecule has 1 aromatic carbocycles. The minimum absolute atomic E-state index is 0.136. The van der Waals surface area contributed by atoms with Gasteiger partial charge in [-0.2, -0.15) is 0 Å². The number of nitrogens with zero attached hydrogens (tertiary/aromatic N) is 1. The summed E-state index contributed by atoms with van der Waals surface area (Å²) >= 11 is 1.35. The van der Waals surface area contributed by atoms with Crippen LogP contribution < -0.4 is 10.6 Å². The van der Waals surface area contributed by atoms with E-state index in [1.54, 1.807) is 12.1 Å². The molecule has 0 saturated carbocycles. The van der Waals surface area contributed by atoms with Crippen LogP contribution in [0, 0.1) is 5.82 Å². The fraction of sp³-hybridized carbons (Fsp3) is 0.375. The second kappa shape index (κ2) is 7.63. The van der Waals surface area contributed by atoms with Crippen molar-refractivity contribution in [1.82, 2.24) is 10.3 Å². The molecule has 2 N–H and O–H groups in total. The number of ether oxygens (including phenoxy) is 1. The van der Waals surface area contributed by atoms with Gasteiger partial charge in [0, 0.05) is 24.1 Å². The molecule has 1 aromatic heterocycles. The molecule has 1 aliphatic rings. The van der Waals surface area contributed by atoms with Gasteiger partial charge in [-0.3, -0.25) is 4.79 Å². The normalized spacial score (nSPS) is 17.3. The first-order valence-electron chi connectivity index (χ1n) is 7.54. The van der Waals surface area contributed by atoms with Crippen LogP contribution in [0.3, 0.4) is 0 Å². The van der Waals surface area contributed by atoms with Crippen molar-refractivity contribution in [3.63, 3.8) is 0 Å². The maximum absolute atomic E-state index is 12.9. The van der Waals surface area contributed by atoms with Crippen molar-refractivity contribution in [3.05, 3.63) is 35.5 Å². The summed E-state index contributed by atoms with van der Waals surface area (Å²) in [7, 11) is 0. The average molecular weight is 335 g/mol. The molecule has 3 rings (SSSR count). The minimum Gasteiger partial charge on any atom is -0.377 e.